The number of anilines is 1. The van der Waals surface area contributed by atoms with Crippen LogP contribution in [0.2, 0.25) is 0 Å². The quantitative estimate of drug-likeness (QED) is 0.696. The standard InChI is InChI=1S/C10H17N5O4S/c1-19-7-9(16)14-2-4-15(5-3-14)20(17,18)8-6-12-13-10(8)11/h6H,2-5,7H2,1H3,(H3,11,12,13). The van der Waals surface area contributed by atoms with Gasteiger partial charge in [0.1, 0.15) is 17.3 Å². The van der Waals surface area contributed by atoms with E-state index < -0.39 is 10.0 Å². The Morgan fingerprint density at radius 1 is 1.45 bits per heavy atom. The highest BCUT2D eigenvalue weighted by Gasteiger charge is 2.32. The molecule has 0 saturated carbocycles. The fraction of sp³-hybridized carbons (Fsp3) is 0.600. The van der Waals surface area contributed by atoms with E-state index >= 15 is 0 Å². The maximum absolute atomic E-state index is 12.3. The van der Waals surface area contributed by atoms with Crippen molar-refractivity contribution in [3.8, 4) is 0 Å². The second-order valence-corrected chi connectivity index (χ2v) is 6.27. The van der Waals surface area contributed by atoms with Crippen molar-refractivity contribution in [2.75, 3.05) is 45.6 Å². The number of nitrogens with two attached hydrogens (primary N) is 1. The summed E-state index contributed by atoms with van der Waals surface area (Å²) in [5, 5.41) is 6.01. The Labute approximate surface area is 116 Å². The molecule has 1 amide bonds. The lowest BCUT2D eigenvalue weighted by atomic mass is 10.3. The van der Waals surface area contributed by atoms with Crippen molar-refractivity contribution in [1.82, 2.24) is 19.4 Å². The first-order valence-electron chi connectivity index (χ1n) is 6.02. The van der Waals surface area contributed by atoms with Gasteiger partial charge in [-0.2, -0.15) is 9.40 Å². The third kappa shape index (κ3) is 2.76. The maximum Gasteiger partial charge on any atom is 0.248 e. The van der Waals surface area contributed by atoms with Gasteiger partial charge in [-0.3, -0.25) is 9.89 Å². The lowest BCUT2D eigenvalue weighted by molar-refractivity contribution is -0.136. The molecule has 1 aromatic rings. The fourth-order valence-corrected chi connectivity index (χ4v) is 3.45. The molecule has 1 fully saturated rings. The van der Waals surface area contributed by atoms with Gasteiger partial charge in [0.15, 0.2) is 0 Å². The van der Waals surface area contributed by atoms with Crippen LogP contribution in [0.25, 0.3) is 0 Å². The summed E-state index contributed by atoms with van der Waals surface area (Å²) in [5.74, 6) is -0.129. The van der Waals surface area contributed by atoms with Gasteiger partial charge in [0.05, 0.1) is 6.20 Å². The molecule has 0 aromatic carbocycles. The van der Waals surface area contributed by atoms with E-state index in [9.17, 15) is 13.2 Å². The van der Waals surface area contributed by atoms with Crippen molar-refractivity contribution in [3.05, 3.63) is 6.20 Å². The number of nitrogens with zero attached hydrogens (tertiary/aromatic N) is 3. The van der Waals surface area contributed by atoms with Crippen LogP contribution in [0.3, 0.4) is 0 Å². The molecule has 3 N–H and O–H groups in total. The van der Waals surface area contributed by atoms with Crippen LogP contribution in [0.15, 0.2) is 11.1 Å². The van der Waals surface area contributed by atoms with Crippen LogP contribution < -0.4 is 5.73 Å². The molecule has 1 saturated heterocycles. The number of nitrogen functional groups attached to an aromatic ring is 1. The minimum Gasteiger partial charge on any atom is -0.383 e. The maximum atomic E-state index is 12.3. The molecule has 0 spiro atoms. The number of H-pyrrole nitrogens is 1. The monoisotopic (exact) mass is 303 g/mol. The van der Waals surface area contributed by atoms with E-state index in [1.807, 2.05) is 0 Å². The molecule has 10 heteroatoms. The lowest BCUT2D eigenvalue weighted by Gasteiger charge is -2.33. The number of methoxy groups -OCH3 is 1. The number of aromatic nitrogens is 2. The zero-order chi connectivity index (χ0) is 14.8. The normalized spacial score (nSPS) is 17.4. The summed E-state index contributed by atoms with van der Waals surface area (Å²) in [6, 6.07) is 0. The van der Waals surface area contributed by atoms with Crippen LogP contribution in [0, 0.1) is 0 Å². The zero-order valence-corrected chi connectivity index (χ0v) is 11.9. The average molecular weight is 303 g/mol. The van der Waals surface area contributed by atoms with Crippen molar-refractivity contribution in [3.63, 3.8) is 0 Å². The van der Waals surface area contributed by atoms with E-state index in [0.717, 1.165) is 0 Å². The highest BCUT2D eigenvalue weighted by atomic mass is 32.2. The highest BCUT2D eigenvalue weighted by molar-refractivity contribution is 7.89. The minimum atomic E-state index is -3.67. The Morgan fingerprint density at radius 2 is 2.10 bits per heavy atom. The van der Waals surface area contributed by atoms with E-state index in [1.165, 1.54) is 17.6 Å². The smallest absolute Gasteiger partial charge is 0.248 e. The summed E-state index contributed by atoms with van der Waals surface area (Å²) < 4.78 is 30.7. The van der Waals surface area contributed by atoms with Crippen molar-refractivity contribution in [2.45, 2.75) is 4.90 Å². The highest BCUT2D eigenvalue weighted by Crippen LogP contribution is 2.20. The summed E-state index contributed by atoms with van der Waals surface area (Å²) in [4.78, 5) is 13.2. The summed E-state index contributed by atoms with van der Waals surface area (Å²) in [6.07, 6.45) is 1.19. The van der Waals surface area contributed by atoms with E-state index in [4.69, 9.17) is 10.5 Å². The molecule has 9 nitrogen and oxygen atoms in total. The van der Waals surface area contributed by atoms with Gasteiger partial charge in [0.2, 0.25) is 15.9 Å². The van der Waals surface area contributed by atoms with Crippen molar-refractivity contribution < 1.29 is 17.9 Å². The van der Waals surface area contributed by atoms with Gasteiger partial charge in [0, 0.05) is 33.3 Å². The molecule has 0 radical (unpaired) electrons. The molecule has 0 bridgehead atoms. The first kappa shape index (κ1) is 14.8. The molecule has 20 heavy (non-hydrogen) atoms. The number of aromatic amines is 1. The Bertz CT molecular complexity index is 576. The molecule has 1 aliphatic heterocycles. The van der Waals surface area contributed by atoms with Gasteiger partial charge in [0.25, 0.3) is 0 Å². The van der Waals surface area contributed by atoms with Crippen LogP contribution in [-0.2, 0) is 19.6 Å². The molecule has 0 atom stereocenters. The third-order valence-corrected chi connectivity index (χ3v) is 5.04. The second-order valence-electron chi connectivity index (χ2n) is 4.37. The van der Waals surface area contributed by atoms with Gasteiger partial charge in [-0.25, -0.2) is 8.42 Å². The number of carbonyl (C=O) groups excluding carboxylic acids is 1. The van der Waals surface area contributed by atoms with E-state index in [0.29, 0.717) is 13.1 Å². The SMILES string of the molecule is COCC(=O)N1CCN(S(=O)(=O)c2cn[nH]c2N)CC1. The summed E-state index contributed by atoms with van der Waals surface area (Å²) in [6.45, 7) is 1.12. The van der Waals surface area contributed by atoms with Crippen LogP contribution in [0.4, 0.5) is 5.82 Å². The number of hydrogen-bond donors (Lipinski definition) is 2. The summed E-state index contributed by atoms with van der Waals surface area (Å²) in [7, 11) is -2.22. The Hall–Kier alpha value is -1.65. The second kappa shape index (κ2) is 5.77. The van der Waals surface area contributed by atoms with Crippen LogP contribution in [0.5, 0.6) is 0 Å². The molecule has 2 rings (SSSR count). The zero-order valence-electron chi connectivity index (χ0n) is 11.1. The van der Waals surface area contributed by atoms with Gasteiger partial charge in [-0.15, -0.1) is 0 Å². The molecule has 0 aliphatic carbocycles. The number of ether oxygens (including phenoxy) is 1. The molecule has 0 unspecified atom stereocenters. The van der Waals surface area contributed by atoms with E-state index in [2.05, 4.69) is 10.2 Å². The average Bonchev–Trinajstić information content (AvgIpc) is 2.86. The first-order valence-corrected chi connectivity index (χ1v) is 7.46. The number of rotatable bonds is 4. The molecule has 1 aliphatic rings. The van der Waals surface area contributed by atoms with Crippen LogP contribution in [-0.4, -0.2) is 73.6 Å². The van der Waals surface area contributed by atoms with Crippen LogP contribution >= 0.6 is 0 Å². The molecular weight excluding hydrogens is 286 g/mol. The van der Waals surface area contributed by atoms with Gasteiger partial charge >= 0.3 is 0 Å². The van der Waals surface area contributed by atoms with Crippen molar-refractivity contribution in [1.29, 1.82) is 0 Å². The predicted octanol–water partition coefficient (Wildman–Crippen LogP) is -1.53. The van der Waals surface area contributed by atoms with Gasteiger partial charge < -0.3 is 15.4 Å². The largest absolute Gasteiger partial charge is 0.383 e. The van der Waals surface area contributed by atoms with Gasteiger partial charge in [-0.05, 0) is 0 Å². The topological polar surface area (TPSA) is 122 Å². The van der Waals surface area contributed by atoms with E-state index in [-0.39, 0.29) is 36.3 Å². The Morgan fingerprint density at radius 3 is 2.60 bits per heavy atom. The van der Waals surface area contributed by atoms with Crippen molar-refractivity contribution in [2.24, 2.45) is 0 Å². The predicted molar refractivity (Wildman–Crippen MR) is 70.2 cm³/mol. The lowest BCUT2D eigenvalue weighted by Crippen LogP contribution is -2.51. The molecular formula is C10H17N5O4S. The summed E-state index contributed by atoms with van der Waals surface area (Å²) >= 11 is 0. The third-order valence-electron chi connectivity index (χ3n) is 3.11. The molecule has 112 valence electrons. The minimum absolute atomic E-state index is 0.00142. The Kier molecular flexibility index (Phi) is 4.26. The van der Waals surface area contributed by atoms with E-state index in [1.54, 1.807) is 4.90 Å². The Balaban J connectivity index is 2.04. The van der Waals surface area contributed by atoms with Crippen molar-refractivity contribution >= 4 is 21.7 Å². The number of nitrogens with one attached hydrogen (secondary N) is 1. The fourth-order valence-electron chi connectivity index (χ4n) is 2.02. The number of sulfonamides is 1. The van der Waals surface area contributed by atoms with Gasteiger partial charge in [-0.1, -0.05) is 0 Å². The molecule has 2 heterocycles. The number of carbonyl (C=O) groups is 1. The molecule has 1 aromatic heterocycles. The summed E-state index contributed by atoms with van der Waals surface area (Å²) in [5.41, 5.74) is 5.54. The van der Waals surface area contributed by atoms with Crippen LogP contribution in [0.1, 0.15) is 0 Å². The first-order chi connectivity index (χ1) is 9.46. The number of piperazine rings is 1. The number of hydrogen-bond acceptors (Lipinski definition) is 6. The number of amides is 1.